The van der Waals surface area contributed by atoms with Crippen molar-refractivity contribution in [1.29, 1.82) is 0 Å². The highest BCUT2D eigenvalue weighted by atomic mass is 16.7. The fraction of sp³-hybridized carbons (Fsp3) is 0.333. The summed E-state index contributed by atoms with van der Waals surface area (Å²) in [4.78, 5) is 5.83. The van der Waals surface area contributed by atoms with Gasteiger partial charge in [-0.2, -0.15) is 5.48 Å². The van der Waals surface area contributed by atoms with E-state index in [9.17, 15) is 0 Å². The third-order valence-electron chi connectivity index (χ3n) is 3.60. The quantitative estimate of drug-likeness (QED) is 0.830. The number of hydroxylamine groups is 1. The summed E-state index contributed by atoms with van der Waals surface area (Å²) < 4.78 is 0. The molecule has 1 aliphatic rings. The molecule has 2 heteroatoms. The Morgan fingerprint density at radius 1 is 0.900 bits per heavy atom. The fourth-order valence-electron chi connectivity index (χ4n) is 2.69. The Labute approximate surface area is 120 Å². The third-order valence-corrected chi connectivity index (χ3v) is 3.60. The van der Waals surface area contributed by atoms with Crippen molar-refractivity contribution in [3.05, 3.63) is 70.8 Å². The molecule has 0 heterocycles. The summed E-state index contributed by atoms with van der Waals surface area (Å²) in [6, 6.07) is 17.3. The lowest BCUT2D eigenvalue weighted by Crippen LogP contribution is -2.34. The first-order chi connectivity index (χ1) is 9.54. The van der Waals surface area contributed by atoms with Crippen molar-refractivity contribution < 1.29 is 4.84 Å². The van der Waals surface area contributed by atoms with Crippen molar-refractivity contribution in [3.8, 4) is 0 Å². The summed E-state index contributed by atoms with van der Waals surface area (Å²) >= 11 is 0. The van der Waals surface area contributed by atoms with Gasteiger partial charge in [0.1, 0.15) is 0 Å². The molecule has 1 N–H and O–H groups in total. The highest BCUT2D eigenvalue weighted by molar-refractivity contribution is 5.48. The maximum Gasteiger partial charge on any atom is 0.0827 e. The van der Waals surface area contributed by atoms with Gasteiger partial charge in [0, 0.05) is 0 Å². The molecule has 0 spiro atoms. The van der Waals surface area contributed by atoms with Crippen LogP contribution in [-0.4, -0.2) is 5.60 Å². The third kappa shape index (κ3) is 2.62. The molecule has 0 unspecified atom stereocenters. The van der Waals surface area contributed by atoms with Crippen molar-refractivity contribution >= 4 is 0 Å². The van der Waals surface area contributed by atoms with Crippen molar-refractivity contribution in [1.82, 2.24) is 5.48 Å². The summed E-state index contributed by atoms with van der Waals surface area (Å²) in [7, 11) is 0. The van der Waals surface area contributed by atoms with Crippen LogP contribution in [0.2, 0.25) is 0 Å². The first-order valence-corrected chi connectivity index (χ1v) is 7.14. The van der Waals surface area contributed by atoms with Gasteiger partial charge >= 0.3 is 0 Å². The molecule has 1 aliphatic carbocycles. The average Bonchev–Trinajstić information content (AvgIpc) is 2.42. The summed E-state index contributed by atoms with van der Waals surface area (Å²) in [5, 5.41) is 0. The summed E-state index contributed by atoms with van der Waals surface area (Å²) in [6.45, 7) is 6.17. The lowest BCUT2D eigenvalue weighted by molar-refractivity contribution is -0.0840. The molecule has 104 valence electrons. The first-order valence-electron chi connectivity index (χ1n) is 7.14. The van der Waals surface area contributed by atoms with E-state index >= 15 is 0 Å². The van der Waals surface area contributed by atoms with Gasteiger partial charge in [-0.3, -0.25) is 4.84 Å². The van der Waals surface area contributed by atoms with E-state index < -0.39 is 0 Å². The Hall–Kier alpha value is -1.64. The zero-order chi connectivity index (χ0) is 14.2. The predicted molar refractivity (Wildman–Crippen MR) is 81.5 cm³/mol. The van der Waals surface area contributed by atoms with Gasteiger partial charge in [-0.15, -0.1) is 0 Å². The zero-order valence-corrected chi connectivity index (χ0v) is 12.3. The van der Waals surface area contributed by atoms with Gasteiger partial charge in [-0.1, -0.05) is 48.5 Å². The Morgan fingerprint density at radius 3 is 1.90 bits per heavy atom. The minimum Gasteiger partial charge on any atom is -0.295 e. The van der Waals surface area contributed by atoms with E-state index in [1.807, 2.05) is 0 Å². The second-order valence-corrected chi connectivity index (χ2v) is 6.34. The van der Waals surface area contributed by atoms with Gasteiger partial charge in [0.15, 0.2) is 0 Å². The van der Waals surface area contributed by atoms with E-state index in [-0.39, 0.29) is 11.6 Å². The standard InChI is InChI=1S/C18H21NO/c1-18(2,3)20-19-17-15-10-6-4-8-13(15)12-14-9-5-7-11-16(14)17/h4-11,17,19H,12H2,1-3H3. The van der Waals surface area contributed by atoms with Gasteiger partial charge < -0.3 is 0 Å². The molecule has 2 aromatic carbocycles. The van der Waals surface area contributed by atoms with Crippen LogP contribution in [-0.2, 0) is 11.3 Å². The SMILES string of the molecule is CC(C)(C)ONC1c2ccccc2Cc2ccccc21. The van der Waals surface area contributed by atoms with Crippen LogP contribution in [0, 0.1) is 0 Å². The highest BCUT2D eigenvalue weighted by Crippen LogP contribution is 2.35. The summed E-state index contributed by atoms with van der Waals surface area (Å²) in [6.07, 6.45) is 1.00. The average molecular weight is 267 g/mol. The van der Waals surface area contributed by atoms with E-state index in [4.69, 9.17) is 4.84 Å². The molecule has 20 heavy (non-hydrogen) atoms. The van der Waals surface area contributed by atoms with Crippen LogP contribution in [0.1, 0.15) is 49.1 Å². The highest BCUT2D eigenvalue weighted by Gasteiger charge is 2.26. The Bertz CT molecular complexity index is 567. The number of hydrogen-bond donors (Lipinski definition) is 1. The van der Waals surface area contributed by atoms with Crippen molar-refractivity contribution in [3.63, 3.8) is 0 Å². The minimum absolute atomic E-state index is 0.107. The Morgan fingerprint density at radius 2 is 1.40 bits per heavy atom. The summed E-state index contributed by atoms with van der Waals surface area (Å²) in [5.74, 6) is 0. The van der Waals surface area contributed by atoms with E-state index in [2.05, 4.69) is 74.8 Å². The minimum atomic E-state index is -0.207. The molecule has 0 atom stereocenters. The lowest BCUT2D eigenvalue weighted by Gasteiger charge is -2.31. The smallest absolute Gasteiger partial charge is 0.0827 e. The molecule has 0 aromatic heterocycles. The molecule has 0 bridgehead atoms. The topological polar surface area (TPSA) is 21.3 Å². The molecule has 2 aromatic rings. The number of hydrogen-bond acceptors (Lipinski definition) is 2. The molecule has 0 fully saturated rings. The monoisotopic (exact) mass is 267 g/mol. The molecule has 0 amide bonds. The second-order valence-electron chi connectivity index (χ2n) is 6.34. The van der Waals surface area contributed by atoms with Crippen LogP contribution in [0.4, 0.5) is 0 Å². The number of benzene rings is 2. The Kier molecular flexibility index (Phi) is 3.36. The molecule has 0 saturated carbocycles. The lowest BCUT2D eigenvalue weighted by atomic mass is 9.83. The maximum absolute atomic E-state index is 5.83. The number of rotatable bonds is 2. The number of fused-ring (bicyclic) bond motifs is 2. The zero-order valence-electron chi connectivity index (χ0n) is 12.3. The van der Waals surface area contributed by atoms with Gasteiger partial charge in [0.2, 0.25) is 0 Å². The predicted octanol–water partition coefficient (Wildman–Crippen LogP) is 4.00. The van der Waals surface area contributed by atoms with Crippen LogP contribution in [0.5, 0.6) is 0 Å². The molecule has 0 radical (unpaired) electrons. The van der Waals surface area contributed by atoms with Gasteiger partial charge in [-0.05, 0) is 49.4 Å². The maximum atomic E-state index is 5.83. The Balaban J connectivity index is 1.99. The first kappa shape index (κ1) is 13.3. The molecule has 0 saturated heterocycles. The summed E-state index contributed by atoms with van der Waals surface area (Å²) in [5.41, 5.74) is 8.45. The van der Waals surface area contributed by atoms with E-state index in [1.54, 1.807) is 0 Å². The van der Waals surface area contributed by atoms with Gasteiger partial charge in [-0.25, -0.2) is 0 Å². The van der Waals surface area contributed by atoms with Crippen molar-refractivity contribution in [2.75, 3.05) is 0 Å². The molecule has 2 nitrogen and oxygen atoms in total. The van der Waals surface area contributed by atoms with E-state index in [0.717, 1.165) is 6.42 Å². The molecule has 0 aliphatic heterocycles. The van der Waals surface area contributed by atoms with Crippen LogP contribution in [0.25, 0.3) is 0 Å². The largest absolute Gasteiger partial charge is 0.295 e. The van der Waals surface area contributed by atoms with Crippen LogP contribution < -0.4 is 5.48 Å². The van der Waals surface area contributed by atoms with Gasteiger partial charge in [0.05, 0.1) is 11.6 Å². The van der Waals surface area contributed by atoms with Crippen LogP contribution in [0.3, 0.4) is 0 Å². The van der Waals surface area contributed by atoms with Crippen molar-refractivity contribution in [2.45, 2.75) is 38.8 Å². The van der Waals surface area contributed by atoms with E-state index in [0.29, 0.717) is 0 Å². The molecular weight excluding hydrogens is 246 g/mol. The van der Waals surface area contributed by atoms with Crippen LogP contribution in [0.15, 0.2) is 48.5 Å². The number of nitrogens with one attached hydrogen (secondary N) is 1. The molecular formula is C18H21NO. The second kappa shape index (κ2) is 5.04. The van der Waals surface area contributed by atoms with Gasteiger partial charge in [0.25, 0.3) is 0 Å². The van der Waals surface area contributed by atoms with E-state index in [1.165, 1.54) is 22.3 Å². The fourth-order valence-corrected chi connectivity index (χ4v) is 2.69. The van der Waals surface area contributed by atoms with Crippen LogP contribution >= 0.6 is 0 Å². The van der Waals surface area contributed by atoms with Crippen molar-refractivity contribution in [2.24, 2.45) is 0 Å². The normalized spacial score (nSPS) is 14.8. The molecule has 3 rings (SSSR count).